The zero-order valence-electron chi connectivity index (χ0n) is 12.0. The summed E-state index contributed by atoms with van der Waals surface area (Å²) in [6, 6.07) is 11.0. The first-order chi connectivity index (χ1) is 9.15. The van der Waals surface area contributed by atoms with Crippen molar-refractivity contribution in [1.82, 2.24) is 10.2 Å². The summed E-state index contributed by atoms with van der Waals surface area (Å²) >= 11 is 0. The molecule has 2 atom stereocenters. The van der Waals surface area contributed by atoms with E-state index in [-0.39, 0.29) is 6.10 Å². The highest BCUT2D eigenvalue weighted by molar-refractivity contribution is 5.14. The SMILES string of the molecule is CC(C)NC[C@@H]1CCN(Cc2ccccc2)C[C@@H]1O. The number of aliphatic hydroxyl groups is 1. The van der Waals surface area contributed by atoms with E-state index in [4.69, 9.17) is 0 Å². The second-order valence-electron chi connectivity index (χ2n) is 5.90. The molecule has 0 saturated carbocycles. The van der Waals surface area contributed by atoms with Gasteiger partial charge in [0.2, 0.25) is 0 Å². The van der Waals surface area contributed by atoms with Crippen molar-refractivity contribution in [3.8, 4) is 0 Å². The molecule has 106 valence electrons. The van der Waals surface area contributed by atoms with E-state index >= 15 is 0 Å². The molecule has 1 heterocycles. The third kappa shape index (κ3) is 4.60. The van der Waals surface area contributed by atoms with E-state index in [9.17, 15) is 5.11 Å². The van der Waals surface area contributed by atoms with Gasteiger partial charge in [-0.05, 0) is 24.4 Å². The molecule has 0 radical (unpaired) electrons. The Morgan fingerprint density at radius 1 is 1.32 bits per heavy atom. The van der Waals surface area contributed by atoms with E-state index in [1.165, 1.54) is 5.56 Å². The molecule has 0 spiro atoms. The fraction of sp³-hybridized carbons (Fsp3) is 0.625. The predicted octanol–water partition coefficient (Wildman–Crippen LogP) is 1.87. The summed E-state index contributed by atoms with van der Waals surface area (Å²) in [5, 5.41) is 13.7. The van der Waals surface area contributed by atoms with E-state index in [1.54, 1.807) is 0 Å². The summed E-state index contributed by atoms with van der Waals surface area (Å²) < 4.78 is 0. The van der Waals surface area contributed by atoms with Gasteiger partial charge < -0.3 is 10.4 Å². The Morgan fingerprint density at radius 2 is 2.05 bits per heavy atom. The predicted molar refractivity (Wildman–Crippen MR) is 79.0 cm³/mol. The van der Waals surface area contributed by atoms with Crippen LogP contribution in [0.3, 0.4) is 0 Å². The van der Waals surface area contributed by atoms with Crippen LogP contribution in [0.4, 0.5) is 0 Å². The fourth-order valence-corrected chi connectivity index (χ4v) is 2.66. The molecule has 2 N–H and O–H groups in total. The van der Waals surface area contributed by atoms with Crippen molar-refractivity contribution in [2.45, 2.75) is 39.0 Å². The van der Waals surface area contributed by atoms with E-state index < -0.39 is 0 Å². The highest BCUT2D eigenvalue weighted by Gasteiger charge is 2.27. The Morgan fingerprint density at radius 3 is 2.68 bits per heavy atom. The van der Waals surface area contributed by atoms with Gasteiger partial charge in [0.25, 0.3) is 0 Å². The second-order valence-corrected chi connectivity index (χ2v) is 5.90. The number of nitrogens with one attached hydrogen (secondary N) is 1. The topological polar surface area (TPSA) is 35.5 Å². The van der Waals surface area contributed by atoms with Gasteiger partial charge in [-0.2, -0.15) is 0 Å². The standard InChI is InChI=1S/C16H26N2O/c1-13(2)17-10-15-8-9-18(12-16(15)19)11-14-6-4-3-5-7-14/h3-7,13,15-17,19H,8-12H2,1-2H3/t15-,16-/m0/s1. The number of hydrogen-bond donors (Lipinski definition) is 2. The van der Waals surface area contributed by atoms with Gasteiger partial charge >= 0.3 is 0 Å². The maximum Gasteiger partial charge on any atom is 0.0707 e. The van der Waals surface area contributed by atoms with Gasteiger partial charge in [-0.25, -0.2) is 0 Å². The number of β-amino-alcohol motifs (C(OH)–C–C–N with tert-alkyl or cyclic N) is 1. The number of nitrogens with zero attached hydrogens (tertiary/aromatic N) is 1. The molecule has 0 aromatic heterocycles. The number of rotatable bonds is 5. The lowest BCUT2D eigenvalue weighted by molar-refractivity contribution is 0.0183. The van der Waals surface area contributed by atoms with Crippen molar-refractivity contribution >= 4 is 0 Å². The van der Waals surface area contributed by atoms with E-state index in [0.717, 1.165) is 32.6 Å². The van der Waals surface area contributed by atoms with Crippen LogP contribution >= 0.6 is 0 Å². The molecule has 0 bridgehead atoms. The van der Waals surface area contributed by atoms with Crippen molar-refractivity contribution in [3.05, 3.63) is 35.9 Å². The highest BCUT2D eigenvalue weighted by Crippen LogP contribution is 2.19. The summed E-state index contributed by atoms with van der Waals surface area (Å²) in [4.78, 5) is 2.35. The molecular formula is C16H26N2O. The second kappa shape index (κ2) is 7.04. The average Bonchev–Trinajstić information content (AvgIpc) is 2.39. The van der Waals surface area contributed by atoms with Crippen molar-refractivity contribution in [2.75, 3.05) is 19.6 Å². The van der Waals surface area contributed by atoms with Gasteiger partial charge in [0.1, 0.15) is 0 Å². The minimum absolute atomic E-state index is 0.205. The zero-order chi connectivity index (χ0) is 13.7. The Bertz CT molecular complexity index is 366. The highest BCUT2D eigenvalue weighted by atomic mass is 16.3. The van der Waals surface area contributed by atoms with Crippen LogP contribution in [-0.4, -0.2) is 41.8 Å². The molecular weight excluding hydrogens is 236 g/mol. The normalized spacial score (nSPS) is 24.8. The zero-order valence-corrected chi connectivity index (χ0v) is 12.0. The largest absolute Gasteiger partial charge is 0.391 e. The lowest BCUT2D eigenvalue weighted by Crippen LogP contribution is -2.47. The Labute approximate surface area is 116 Å². The van der Waals surface area contributed by atoms with Crippen LogP contribution in [0.25, 0.3) is 0 Å². The Hall–Kier alpha value is -0.900. The van der Waals surface area contributed by atoms with Gasteiger partial charge in [-0.1, -0.05) is 44.2 Å². The molecule has 0 amide bonds. The smallest absolute Gasteiger partial charge is 0.0707 e. The van der Waals surface area contributed by atoms with E-state index in [2.05, 4.69) is 48.3 Å². The molecule has 1 aromatic carbocycles. The molecule has 1 aromatic rings. The molecule has 0 aliphatic carbocycles. The van der Waals surface area contributed by atoms with E-state index in [0.29, 0.717) is 12.0 Å². The number of hydrogen-bond acceptors (Lipinski definition) is 3. The van der Waals surface area contributed by atoms with Gasteiger partial charge in [0, 0.05) is 25.7 Å². The average molecular weight is 262 g/mol. The van der Waals surface area contributed by atoms with Crippen LogP contribution in [0.5, 0.6) is 0 Å². The maximum absolute atomic E-state index is 10.2. The molecule has 2 rings (SSSR count). The number of benzene rings is 1. The summed E-state index contributed by atoms with van der Waals surface area (Å²) in [6.07, 6.45) is 0.872. The molecule has 3 nitrogen and oxygen atoms in total. The van der Waals surface area contributed by atoms with Crippen molar-refractivity contribution in [1.29, 1.82) is 0 Å². The molecule has 1 aliphatic heterocycles. The minimum atomic E-state index is -0.205. The van der Waals surface area contributed by atoms with Crippen LogP contribution in [0.1, 0.15) is 25.8 Å². The first-order valence-corrected chi connectivity index (χ1v) is 7.33. The Balaban J connectivity index is 1.79. The van der Waals surface area contributed by atoms with Gasteiger partial charge in [0.15, 0.2) is 0 Å². The van der Waals surface area contributed by atoms with Gasteiger partial charge in [-0.3, -0.25) is 4.90 Å². The first-order valence-electron chi connectivity index (χ1n) is 7.33. The van der Waals surface area contributed by atoms with Crippen LogP contribution in [-0.2, 0) is 6.54 Å². The maximum atomic E-state index is 10.2. The fourth-order valence-electron chi connectivity index (χ4n) is 2.66. The van der Waals surface area contributed by atoms with Gasteiger partial charge in [0.05, 0.1) is 6.10 Å². The summed E-state index contributed by atoms with van der Waals surface area (Å²) in [6.45, 7) is 8.05. The van der Waals surface area contributed by atoms with E-state index in [1.807, 2.05) is 6.07 Å². The summed E-state index contributed by atoms with van der Waals surface area (Å²) in [7, 11) is 0. The summed E-state index contributed by atoms with van der Waals surface area (Å²) in [5.74, 6) is 0.398. The monoisotopic (exact) mass is 262 g/mol. The molecule has 1 fully saturated rings. The third-order valence-corrected chi connectivity index (χ3v) is 3.84. The minimum Gasteiger partial charge on any atom is -0.391 e. The Kier molecular flexibility index (Phi) is 5.37. The van der Waals surface area contributed by atoms with Crippen molar-refractivity contribution < 1.29 is 5.11 Å². The lowest BCUT2D eigenvalue weighted by atomic mass is 9.93. The first kappa shape index (κ1) is 14.5. The van der Waals surface area contributed by atoms with Crippen LogP contribution in [0.15, 0.2) is 30.3 Å². The summed E-state index contributed by atoms with van der Waals surface area (Å²) in [5.41, 5.74) is 1.33. The van der Waals surface area contributed by atoms with Crippen molar-refractivity contribution in [3.63, 3.8) is 0 Å². The van der Waals surface area contributed by atoms with Crippen LogP contribution in [0, 0.1) is 5.92 Å². The van der Waals surface area contributed by atoms with Crippen LogP contribution in [0.2, 0.25) is 0 Å². The number of aliphatic hydroxyl groups excluding tert-OH is 1. The molecule has 1 aliphatic rings. The number of likely N-dealkylation sites (tertiary alicyclic amines) is 1. The molecule has 1 saturated heterocycles. The molecule has 0 unspecified atom stereocenters. The van der Waals surface area contributed by atoms with Gasteiger partial charge in [-0.15, -0.1) is 0 Å². The third-order valence-electron chi connectivity index (χ3n) is 3.84. The van der Waals surface area contributed by atoms with Crippen molar-refractivity contribution in [2.24, 2.45) is 5.92 Å². The molecule has 3 heteroatoms. The number of piperidine rings is 1. The quantitative estimate of drug-likeness (QED) is 0.850. The van der Waals surface area contributed by atoms with Crippen LogP contribution < -0.4 is 5.32 Å². The molecule has 19 heavy (non-hydrogen) atoms. The lowest BCUT2D eigenvalue weighted by Gasteiger charge is -2.36.